The molecule has 49 heavy (non-hydrogen) atoms. The Morgan fingerprint density at radius 3 is 2.22 bits per heavy atom. The lowest BCUT2D eigenvalue weighted by Gasteiger charge is -2.48. The molecule has 0 radical (unpaired) electrons. The van der Waals surface area contributed by atoms with Crippen LogP contribution in [0.25, 0.3) is 0 Å². The van der Waals surface area contributed by atoms with Crippen molar-refractivity contribution in [2.24, 2.45) is 17.8 Å². The number of aliphatic carboxylic acids is 3. The number of amides is 1. The average molecular weight is 690 g/mol. The van der Waals surface area contributed by atoms with E-state index in [-0.39, 0.29) is 30.7 Å². The number of carboxylic acids is 3. The molecule has 2 aliphatic rings. The average Bonchev–Trinajstić information content (AvgIpc) is 3.25. The summed E-state index contributed by atoms with van der Waals surface area (Å²) in [6.45, 7) is 9.12. The van der Waals surface area contributed by atoms with E-state index in [1.807, 2.05) is 64.1 Å². The molecule has 2 bridgehead atoms. The number of rotatable bonds is 17. The predicted molar refractivity (Wildman–Crippen MR) is 173 cm³/mol. The summed E-state index contributed by atoms with van der Waals surface area (Å²) in [4.78, 5) is 62.8. The number of carbonyl (C=O) groups is 5. The van der Waals surface area contributed by atoms with Gasteiger partial charge in [-0.05, 0) is 42.6 Å². The third-order valence-corrected chi connectivity index (χ3v) is 9.16. The first-order valence-corrected chi connectivity index (χ1v) is 16.3. The number of aliphatic hydroxyl groups excluding tert-OH is 1. The van der Waals surface area contributed by atoms with Crippen LogP contribution in [0.5, 0.6) is 0 Å². The smallest absolute Gasteiger partial charge is 0.344 e. The van der Waals surface area contributed by atoms with Gasteiger partial charge in [-0.25, -0.2) is 19.2 Å². The number of esters is 1. The molecular formula is C35H47NO13. The zero-order chi connectivity index (χ0) is 36.7. The van der Waals surface area contributed by atoms with Gasteiger partial charge in [0, 0.05) is 26.0 Å². The van der Waals surface area contributed by atoms with E-state index >= 15 is 0 Å². The highest BCUT2D eigenvalue weighted by atomic mass is 16.8. The Balaban J connectivity index is 2.04. The molecule has 2 saturated heterocycles. The molecule has 1 aromatic carbocycles. The second kappa shape index (κ2) is 16.1. The molecule has 1 unspecified atom stereocenters. The third-order valence-electron chi connectivity index (χ3n) is 9.16. The van der Waals surface area contributed by atoms with Gasteiger partial charge in [0.15, 0.2) is 6.10 Å². The molecule has 2 fully saturated rings. The molecule has 0 aromatic heterocycles. The van der Waals surface area contributed by atoms with Crippen LogP contribution < -0.4 is 5.32 Å². The quantitative estimate of drug-likeness (QED) is 0.0786. The van der Waals surface area contributed by atoms with Crippen LogP contribution in [-0.2, 0) is 44.6 Å². The molecule has 0 aliphatic carbocycles. The van der Waals surface area contributed by atoms with E-state index in [0.29, 0.717) is 24.3 Å². The molecule has 1 aromatic rings. The van der Waals surface area contributed by atoms with E-state index in [0.717, 1.165) is 18.1 Å². The van der Waals surface area contributed by atoms with Gasteiger partial charge in [0.25, 0.3) is 0 Å². The van der Waals surface area contributed by atoms with Crippen LogP contribution in [0.1, 0.15) is 65.9 Å². The Labute approximate surface area is 284 Å². The largest absolute Gasteiger partial charge is 0.479 e. The Hall–Kier alpha value is -4.11. The maximum Gasteiger partial charge on any atom is 0.344 e. The highest BCUT2D eigenvalue weighted by Gasteiger charge is 2.85. The monoisotopic (exact) mass is 689 g/mol. The molecule has 3 rings (SSSR count). The van der Waals surface area contributed by atoms with Gasteiger partial charge in [-0.1, -0.05) is 82.2 Å². The maximum absolute atomic E-state index is 13.0. The second-order valence-electron chi connectivity index (χ2n) is 13.2. The number of hydrogen-bond acceptors (Lipinski definition) is 10. The first kappa shape index (κ1) is 39.3. The van der Waals surface area contributed by atoms with Crippen molar-refractivity contribution in [2.45, 2.75) is 102 Å². The van der Waals surface area contributed by atoms with Gasteiger partial charge in [-0.3, -0.25) is 4.79 Å². The number of ether oxygens (including phenoxy) is 3. The number of hydrogen-bond donors (Lipinski definition) is 6. The summed E-state index contributed by atoms with van der Waals surface area (Å²) in [5, 5.41) is 56.3. The minimum Gasteiger partial charge on any atom is -0.479 e. The van der Waals surface area contributed by atoms with Crippen LogP contribution in [0, 0.1) is 17.8 Å². The van der Waals surface area contributed by atoms with Crippen molar-refractivity contribution in [3.63, 3.8) is 0 Å². The predicted octanol–water partition coefficient (Wildman–Crippen LogP) is 2.46. The van der Waals surface area contributed by atoms with Gasteiger partial charge < -0.3 is 45.1 Å². The Morgan fingerprint density at radius 2 is 1.67 bits per heavy atom. The van der Waals surface area contributed by atoms with Gasteiger partial charge in [0.2, 0.25) is 29.0 Å². The second-order valence-corrected chi connectivity index (χ2v) is 13.2. The number of allylic oxidation sites excluding steroid dienone is 2. The third kappa shape index (κ3) is 8.38. The van der Waals surface area contributed by atoms with E-state index in [1.165, 1.54) is 13.0 Å². The number of aliphatic hydroxyl groups is 2. The molecule has 0 spiro atoms. The molecule has 9 atom stereocenters. The van der Waals surface area contributed by atoms with E-state index in [9.17, 15) is 49.5 Å². The highest BCUT2D eigenvalue weighted by molar-refractivity contribution is 5.98. The molecular weight excluding hydrogens is 642 g/mol. The van der Waals surface area contributed by atoms with Crippen molar-refractivity contribution in [2.75, 3.05) is 6.54 Å². The minimum absolute atomic E-state index is 0.0180. The number of carbonyl (C=O) groups excluding carboxylic acids is 2. The Bertz CT molecular complexity index is 1440. The molecule has 2 heterocycles. The van der Waals surface area contributed by atoms with Crippen molar-refractivity contribution in [3.05, 3.63) is 59.7 Å². The van der Waals surface area contributed by atoms with Gasteiger partial charge in [0.1, 0.15) is 6.10 Å². The zero-order valence-electron chi connectivity index (χ0n) is 28.3. The lowest BCUT2D eigenvalue weighted by molar-refractivity contribution is -0.374. The Kier molecular flexibility index (Phi) is 12.9. The zero-order valence-corrected chi connectivity index (χ0v) is 28.3. The Morgan fingerprint density at radius 1 is 1.02 bits per heavy atom. The van der Waals surface area contributed by atoms with Gasteiger partial charge >= 0.3 is 23.9 Å². The molecule has 1 amide bonds. The van der Waals surface area contributed by atoms with Crippen LogP contribution in [-0.4, -0.2) is 97.2 Å². The van der Waals surface area contributed by atoms with E-state index < -0.39 is 65.6 Å². The van der Waals surface area contributed by atoms with Crippen LogP contribution in [0.4, 0.5) is 0 Å². The van der Waals surface area contributed by atoms with Crippen molar-refractivity contribution in [1.82, 2.24) is 5.32 Å². The lowest BCUT2D eigenvalue weighted by atomic mass is 9.74. The van der Waals surface area contributed by atoms with E-state index in [1.54, 1.807) is 0 Å². The first-order chi connectivity index (χ1) is 22.9. The van der Waals surface area contributed by atoms with Crippen molar-refractivity contribution in [3.8, 4) is 0 Å². The summed E-state index contributed by atoms with van der Waals surface area (Å²) in [6, 6.07) is 9.55. The highest BCUT2D eigenvalue weighted by Crippen LogP contribution is 2.55. The van der Waals surface area contributed by atoms with Crippen molar-refractivity contribution < 1.29 is 63.7 Å². The lowest BCUT2D eigenvalue weighted by Crippen LogP contribution is -2.78. The van der Waals surface area contributed by atoms with Gasteiger partial charge in [-0.15, -0.1) is 0 Å². The van der Waals surface area contributed by atoms with Crippen LogP contribution in [0.15, 0.2) is 54.1 Å². The van der Waals surface area contributed by atoms with Gasteiger partial charge in [-0.2, -0.15) is 0 Å². The SMILES string of the molecule is CC[C@H](C)C[C@H](C)/C=C/C(=O)O[C@@H]1[C@@H](O)[C@@]2(CC/C(=C\C(C)Cc3ccccc3)CNC(C)=O)O[C@H](C(=O)O)[C@@](O)(C(=O)O)[C@]1(C(=O)O)O2. The van der Waals surface area contributed by atoms with E-state index in [2.05, 4.69) is 5.32 Å². The summed E-state index contributed by atoms with van der Waals surface area (Å²) >= 11 is 0. The van der Waals surface area contributed by atoms with Crippen molar-refractivity contribution >= 4 is 29.8 Å². The fraction of sp³-hybridized carbons (Fsp3) is 0.571. The van der Waals surface area contributed by atoms with Crippen LogP contribution >= 0.6 is 0 Å². The summed E-state index contributed by atoms with van der Waals surface area (Å²) < 4.78 is 16.6. The van der Waals surface area contributed by atoms with Crippen molar-refractivity contribution in [1.29, 1.82) is 0 Å². The standard InChI is InChI=1S/C35H47NO13/c1-6-20(2)16-21(3)12-13-26(38)47-28-27(39)33(48-29(30(40)41)34(46,31(42)43)35(28,49-33)32(44)45)15-14-25(19-36-23(5)37)18-22(4)17-24-10-8-7-9-11-24/h7-13,18,20-22,27-29,39,46H,6,14-17,19H2,1-5H3,(H,36,37)(H,40,41)(H,42,43)(H,44,45)/b13-12+,25-18+/t20-,21+,22?,27+,28+,29+,33-,34+,35-/m0/s1. The summed E-state index contributed by atoms with van der Waals surface area (Å²) in [6.07, 6.45) is -1.51. The first-order valence-electron chi connectivity index (χ1n) is 16.3. The number of carboxylic acid groups (broad SMARTS) is 3. The summed E-state index contributed by atoms with van der Waals surface area (Å²) in [5.41, 5.74) is -5.79. The maximum atomic E-state index is 13.0. The molecule has 6 N–H and O–H groups in total. The molecule has 270 valence electrons. The summed E-state index contributed by atoms with van der Waals surface area (Å²) in [5.74, 6) is -10.6. The molecule has 14 heteroatoms. The fourth-order valence-corrected chi connectivity index (χ4v) is 6.48. The minimum atomic E-state index is -3.87. The topological polar surface area (TPSA) is 226 Å². The number of fused-ring (bicyclic) bond motifs is 2. The van der Waals surface area contributed by atoms with E-state index in [4.69, 9.17) is 14.2 Å². The van der Waals surface area contributed by atoms with Crippen LogP contribution in [0.3, 0.4) is 0 Å². The number of benzene rings is 1. The summed E-state index contributed by atoms with van der Waals surface area (Å²) in [7, 11) is 0. The molecule has 14 nitrogen and oxygen atoms in total. The fourth-order valence-electron chi connectivity index (χ4n) is 6.48. The normalized spacial score (nSPS) is 29.9. The number of nitrogens with one attached hydrogen (secondary N) is 1. The molecule has 2 aliphatic heterocycles. The van der Waals surface area contributed by atoms with Crippen LogP contribution in [0.2, 0.25) is 0 Å². The molecule has 0 saturated carbocycles. The van der Waals surface area contributed by atoms with Gasteiger partial charge in [0.05, 0.1) is 0 Å².